The molecule has 1 aromatic carbocycles. The van der Waals surface area contributed by atoms with Crippen molar-refractivity contribution < 1.29 is 28.0 Å². The fourth-order valence-corrected chi connectivity index (χ4v) is 3.75. The van der Waals surface area contributed by atoms with Crippen LogP contribution in [0.5, 0.6) is 0 Å². The van der Waals surface area contributed by atoms with Gasteiger partial charge in [-0.3, -0.25) is 4.79 Å². The molecule has 0 unspecified atom stereocenters. The molecule has 7 nitrogen and oxygen atoms in total. The number of carbonyl (C=O) groups excluding carboxylic acids is 2. The van der Waals surface area contributed by atoms with Gasteiger partial charge in [0.15, 0.2) is 0 Å². The van der Waals surface area contributed by atoms with Gasteiger partial charge in [0.2, 0.25) is 0 Å². The summed E-state index contributed by atoms with van der Waals surface area (Å²) in [6.07, 6.45) is 0.262. The van der Waals surface area contributed by atoms with E-state index in [4.69, 9.17) is 14.0 Å². The number of likely N-dealkylation sites (tertiary alicyclic amines) is 1. The molecule has 0 aliphatic carbocycles. The molecular weight excluding hydrogens is 414 g/mol. The van der Waals surface area contributed by atoms with Gasteiger partial charge in [-0.05, 0) is 73.1 Å². The quantitative estimate of drug-likeness (QED) is 0.665. The Labute approximate surface area is 190 Å². The predicted octanol–water partition coefficient (Wildman–Crippen LogP) is 3.21. The summed E-state index contributed by atoms with van der Waals surface area (Å²) < 4.78 is 32.0. The van der Waals surface area contributed by atoms with Gasteiger partial charge in [-0.15, -0.1) is 0 Å². The Bertz CT molecular complexity index is 883. The molecule has 0 radical (unpaired) electrons. The summed E-state index contributed by atoms with van der Waals surface area (Å²) in [5, 5.41) is 0. The molecule has 0 saturated carbocycles. The minimum Gasteiger partial charge on any atom is -0.444 e. The molecule has 32 heavy (non-hydrogen) atoms. The molecule has 2 aliphatic rings. The van der Waals surface area contributed by atoms with E-state index < -0.39 is 29.7 Å². The van der Waals surface area contributed by atoms with Gasteiger partial charge in [0.25, 0.3) is 5.91 Å². The van der Waals surface area contributed by atoms with Crippen molar-refractivity contribution in [3.05, 3.63) is 29.6 Å². The maximum Gasteiger partial charge on any atom is 0.497 e. The molecule has 0 spiro atoms. The highest BCUT2D eigenvalue weighted by molar-refractivity contribution is 6.62. The number of ether oxygens (including phenoxy) is 1. The molecule has 1 atom stereocenters. The summed E-state index contributed by atoms with van der Waals surface area (Å²) >= 11 is 0. The van der Waals surface area contributed by atoms with Crippen LogP contribution in [0.3, 0.4) is 0 Å². The standard InChI is InChI=1S/C23H34BFN2O5/c1-21(2,3)30-20(29)27-12-11-16(14-27)26(8)19(28)15-9-10-18(25)17(13-15)24-31-22(4,5)23(6,7)32-24/h9-10,13,16H,11-12,14H2,1-8H3/t16-/m1/s1. The van der Waals surface area contributed by atoms with Gasteiger partial charge < -0.3 is 23.8 Å². The van der Waals surface area contributed by atoms with Crippen molar-refractivity contribution in [2.24, 2.45) is 0 Å². The SMILES string of the molecule is CN(C(=O)c1ccc(F)c(B2OC(C)(C)C(C)(C)O2)c1)[C@@H]1CCN(C(=O)OC(C)(C)C)C1. The van der Waals surface area contributed by atoms with Crippen molar-refractivity contribution >= 4 is 24.6 Å². The van der Waals surface area contributed by atoms with E-state index in [0.717, 1.165) is 0 Å². The summed E-state index contributed by atoms with van der Waals surface area (Å²) in [4.78, 5) is 28.7. The van der Waals surface area contributed by atoms with E-state index in [1.165, 1.54) is 18.2 Å². The van der Waals surface area contributed by atoms with Crippen molar-refractivity contribution in [2.45, 2.75) is 77.7 Å². The highest BCUT2D eigenvalue weighted by Crippen LogP contribution is 2.36. The molecular formula is C23H34BFN2O5. The molecule has 0 N–H and O–H groups in total. The van der Waals surface area contributed by atoms with Crippen molar-refractivity contribution in [3.8, 4) is 0 Å². The first-order valence-corrected chi connectivity index (χ1v) is 11.0. The second-order valence-corrected chi connectivity index (χ2v) is 10.6. The lowest BCUT2D eigenvalue weighted by Gasteiger charge is -2.32. The minimum atomic E-state index is -0.896. The first-order chi connectivity index (χ1) is 14.6. The number of carbonyl (C=O) groups is 2. The molecule has 0 bridgehead atoms. The second kappa shape index (κ2) is 8.34. The van der Waals surface area contributed by atoms with Gasteiger partial charge in [-0.25, -0.2) is 9.18 Å². The Kier molecular flexibility index (Phi) is 6.39. The molecule has 176 valence electrons. The largest absolute Gasteiger partial charge is 0.497 e. The number of halogens is 1. The van der Waals surface area contributed by atoms with Crippen LogP contribution in [-0.2, 0) is 14.0 Å². The average Bonchev–Trinajstić information content (AvgIpc) is 3.22. The summed E-state index contributed by atoms with van der Waals surface area (Å²) in [5.41, 5.74) is -1.26. The van der Waals surface area contributed by atoms with E-state index >= 15 is 0 Å². The molecule has 2 heterocycles. The number of amides is 2. The number of likely N-dealkylation sites (N-methyl/N-ethyl adjacent to an activating group) is 1. The lowest BCUT2D eigenvalue weighted by Crippen LogP contribution is -2.42. The Morgan fingerprint density at radius 1 is 1.19 bits per heavy atom. The van der Waals surface area contributed by atoms with Crippen LogP contribution in [0.4, 0.5) is 9.18 Å². The Hall–Kier alpha value is -2.13. The number of hydrogen-bond donors (Lipinski definition) is 0. The van der Waals surface area contributed by atoms with Gasteiger partial charge in [-0.1, -0.05) is 0 Å². The van der Waals surface area contributed by atoms with E-state index in [1.54, 1.807) is 16.8 Å². The zero-order valence-corrected chi connectivity index (χ0v) is 20.3. The zero-order valence-electron chi connectivity index (χ0n) is 20.3. The summed E-state index contributed by atoms with van der Waals surface area (Å²) in [7, 11) is 0.802. The zero-order chi connectivity index (χ0) is 24.1. The minimum absolute atomic E-state index is 0.152. The maximum absolute atomic E-state index is 14.6. The summed E-state index contributed by atoms with van der Waals surface area (Å²) in [5.74, 6) is -0.738. The number of benzene rings is 1. The molecule has 2 fully saturated rings. The van der Waals surface area contributed by atoms with Crippen LogP contribution in [0.2, 0.25) is 0 Å². The van der Waals surface area contributed by atoms with E-state index in [-0.39, 0.29) is 23.5 Å². The third kappa shape index (κ3) is 4.93. The van der Waals surface area contributed by atoms with Crippen LogP contribution in [0.15, 0.2) is 18.2 Å². The Morgan fingerprint density at radius 2 is 1.78 bits per heavy atom. The Morgan fingerprint density at radius 3 is 2.34 bits per heavy atom. The molecule has 3 rings (SSSR count). The normalized spacial score (nSPS) is 22.2. The van der Waals surface area contributed by atoms with Crippen LogP contribution in [0.1, 0.15) is 65.2 Å². The van der Waals surface area contributed by atoms with Gasteiger partial charge in [0.1, 0.15) is 11.4 Å². The van der Waals surface area contributed by atoms with Crippen LogP contribution in [-0.4, -0.2) is 71.9 Å². The van der Waals surface area contributed by atoms with Gasteiger partial charge >= 0.3 is 13.2 Å². The van der Waals surface area contributed by atoms with Crippen molar-refractivity contribution in [1.82, 2.24) is 9.80 Å². The van der Waals surface area contributed by atoms with Gasteiger partial charge in [0.05, 0.1) is 17.2 Å². The third-order valence-corrected chi connectivity index (χ3v) is 6.43. The monoisotopic (exact) mass is 448 g/mol. The highest BCUT2D eigenvalue weighted by atomic mass is 19.1. The lowest BCUT2D eigenvalue weighted by molar-refractivity contribution is 0.00578. The van der Waals surface area contributed by atoms with E-state index in [2.05, 4.69) is 0 Å². The Balaban J connectivity index is 1.72. The fourth-order valence-electron chi connectivity index (χ4n) is 3.75. The second-order valence-electron chi connectivity index (χ2n) is 10.6. The maximum atomic E-state index is 14.6. The van der Waals surface area contributed by atoms with Crippen LogP contribution < -0.4 is 5.46 Å². The van der Waals surface area contributed by atoms with Crippen LogP contribution in [0.25, 0.3) is 0 Å². The highest BCUT2D eigenvalue weighted by Gasteiger charge is 2.52. The smallest absolute Gasteiger partial charge is 0.444 e. The van der Waals surface area contributed by atoms with Crippen molar-refractivity contribution in [1.29, 1.82) is 0 Å². The van der Waals surface area contributed by atoms with E-state index in [0.29, 0.717) is 25.1 Å². The number of rotatable bonds is 3. The molecule has 0 aromatic heterocycles. The third-order valence-electron chi connectivity index (χ3n) is 6.43. The summed E-state index contributed by atoms with van der Waals surface area (Å²) in [6.45, 7) is 13.9. The first-order valence-electron chi connectivity index (χ1n) is 11.0. The average molecular weight is 448 g/mol. The lowest BCUT2D eigenvalue weighted by atomic mass is 9.78. The molecule has 2 aliphatic heterocycles. The number of nitrogens with zero attached hydrogens (tertiary/aromatic N) is 2. The van der Waals surface area contributed by atoms with E-state index in [1.807, 2.05) is 48.5 Å². The predicted molar refractivity (Wildman–Crippen MR) is 120 cm³/mol. The van der Waals surface area contributed by atoms with E-state index in [9.17, 15) is 14.0 Å². The molecule has 2 saturated heterocycles. The van der Waals surface area contributed by atoms with Crippen molar-refractivity contribution in [2.75, 3.05) is 20.1 Å². The fraction of sp³-hybridized carbons (Fsp3) is 0.652. The molecule has 2 amide bonds. The first kappa shape index (κ1) is 24.5. The van der Waals surface area contributed by atoms with Crippen molar-refractivity contribution in [3.63, 3.8) is 0 Å². The topological polar surface area (TPSA) is 68.3 Å². The molecule has 1 aromatic rings. The van der Waals surface area contributed by atoms with Crippen LogP contribution >= 0.6 is 0 Å². The molecule has 9 heteroatoms. The number of hydrogen-bond acceptors (Lipinski definition) is 5. The van der Waals surface area contributed by atoms with Crippen LogP contribution in [0, 0.1) is 5.82 Å². The van der Waals surface area contributed by atoms with Gasteiger partial charge in [0, 0.05) is 31.2 Å². The van der Waals surface area contributed by atoms with Gasteiger partial charge in [-0.2, -0.15) is 0 Å². The summed E-state index contributed by atoms with van der Waals surface area (Å²) in [6, 6.07) is 4.07.